The zero-order chi connectivity index (χ0) is 23.7. The van der Waals surface area contributed by atoms with E-state index in [-0.39, 0.29) is 23.2 Å². The fraction of sp³-hybridized carbons (Fsp3) is 0.346. The fourth-order valence-corrected chi connectivity index (χ4v) is 4.71. The summed E-state index contributed by atoms with van der Waals surface area (Å²) in [7, 11) is 0. The highest BCUT2D eigenvalue weighted by Crippen LogP contribution is 2.29. The number of nitrogens with zero attached hydrogens (tertiary/aromatic N) is 3. The molecule has 0 unspecified atom stereocenters. The SMILES string of the molecule is O=C(c1cc(F)ccc1F)C1CCN(c2cc(C(=O)N3CCOCC3)c3ccccc3n2)CC1. The standard InChI is InChI=1S/C26H25F2N3O3/c27-18-5-6-22(28)21(15-18)25(32)17-7-9-30(10-8-17)24-16-20(19-3-1-2-4-23(19)29-24)26(33)31-11-13-34-14-12-31/h1-6,15-17H,7-14H2. The lowest BCUT2D eigenvalue weighted by Gasteiger charge is -2.33. The molecule has 0 atom stereocenters. The minimum absolute atomic E-state index is 0.0465. The van der Waals surface area contributed by atoms with Gasteiger partial charge in [-0.1, -0.05) is 18.2 Å². The van der Waals surface area contributed by atoms with Crippen molar-refractivity contribution in [2.75, 3.05) is 44.3 Å². The molecule has 2 fully saturated rings. The summed E-state index contributed by atoms with van der Waals surface area (Å²) < 4.78 is 33.0. The monoisotopic (exact) mass is 465 g/mol. The molecule has 5 rings (SSSR count). The van der Waals surface area contributed by atoms with Gasteiger partial charge in [-0.2, -0.15) is 0 Å². The minimum atomic E-state index is -0.698. The first kappa shape index (κ1) is 22.4. The molecule has 0 aliphatic carbocycles. The molecule has 2 aliphatic rings. The van der Waals surface area contributed by atoms with E-state index in [1.54, 1.807) is 4.90 Å². The second kappa shape index (κ2) is 9.46. The number of anilines is 1. The molecular formula is C26H25F2N3O3. The highest BCUT2D eigenvalue weighted by molar-refractivity contribution is 6.07. The Bertz CT molecular complexity index is 1240. The van der Waals surface area contributed by atoms with E-state index in [0.29, 0.717) is 63.6 Å². The average molecular weight is 466 g/mol. The maximum Gasteiger partial charge on any atom is 0.254 e. The Kier molecular flexibility index (Phi) is 6.24. The number of para-hydroxylation sites is 1. The van der Waals surface area contributed by atoms with Gasteiger partial charge in [0.15, 0.2) is 5.78 Å². The molecule has 0 N–H and O–H groups in total. The molecule has 6 nitrogen and oxygen atoms in total. The van der Waals surface area contributed by atoms with Crippen LogP contribution in [0.4, 0.5) is 14.6 Å². The highest BCUT2D eigenvalue weighted by Gasteiger charge is 2.29. The van der Waals surface area contributed by atoms with Crippen LogP contribution in [-0.4, -0.2) is 61.0 Å². The van der Waals surface area contributed by atoms with Crippen molar-refractivity contribution in [2.24, 2.45) is 5.92 Å². The van der Waals surface area contributed by atoms with Crippen LogP contribution >= 0.6 is 0 Å². The van der Waals surface area contributed by atoms with E-state index in [2.05, 4.69) is 0 Å². The Balaban J connectivity index is 1.37. The predicted molar refractivity (Wildman–Crippen MR) is 124 cm³/mol. The molecule has 0 spiro atoms. The van der Waals surface area contributed by atoms with Crippen LogP contribution in [-0.2, 0) is 4.74 Å². The quantitative estimate of drug-likeness (QED) is 0.544. The Morgan fingerprint density at radius 3 is 2.41 bits per heavy atom. The fourth-order valence-electron chi connectivity index (χ4n) is 4.71. The highest BCUT2D eigenvalue weighted by atomic mass is 19.1. The first-order chi connectivity index (χ1) is 16.5. The largest absolute Gasteiger partial charge is 0.378 e. The number of morpholine rings is 1. The lowest BCUT2D eigenvalue weighted by atomic mass is 9.88. The van der Waals surface area contributed by atoms with Crippen LogP contribution in [0, 0.1) is 17.6 Å². The molecule has 176 valence electrons. The third-order valence-electron chi connectivity index (χ3n) is 6.61. The summed E-state index contributed by atoms with van der Waals surface area (Å²) in [5.41, 5.74) is 1.14. The molecule has 2 aliphatic heterocycles. The Morgan fingerprint density at radius 2 is 1.65 bits per heavy atom. The van der Waals surface area contributed by atoms with Crippen molar-refractivity contribution in [1.82, 2.24) is 9.88 Å². The number of aromatic nitrogens is 1. The molecule has 0 radical (unpaired) electrons. The number of halogens is 2. The molecule has 2 aromatic carbocycles. The van der Waals surface area contributed by atoms with Crippen molar-refractivity contribution in [3.8, 4) is 0 Å². The lowest BCUT2D eigenvalue weighted by molar-refractivity contribution is 0.0304. The Labute approximate surface area is 196 Å². The minimum Gasteiger partial charge on any atom is -0.378 e. The Morgan fingerprint density at radius 1 is 0.912 bits per heavy atom. The van der Waals surface area contributed by atoms with Gasteiger partial charge >= 0.3 is 0 Å². The van der Waals surface area contributed by atoms with Gasteiger partial charge < -0.3 is 14.5 Å². The van der Waals surface area contributed by atoms with Crippen molar-refractivity contribution in [1.29, 1.82) is 0 Å². The van der Waals surface area contributed by atoms with Crippen LogP contribution in [0.25, 0.3) is 10.9 Å². The molecule has 1 amide bonds. The predicted octanol–water partition coefficient (Wildman–Crippen LogP) is 4.08. The molecule has 3 heterocycles. The van der Waals surface area contributed by atoms with E-state index < -0.39 is 11.6 Å². The van der Waals surface area contributed by atoms with Crippen molar-refractivity contribution in [3.05, 3.63) is 71.3 Å². The molecule has 1 aromatic heterocycles. The average Bonchev–Trinajstić information content (AvgIpc) is 2.89. The number of rotatable bonds is 4. The third-order valence-corrected chi connectivity index (χ3v) is 6.61. The van der Waals surface area contributed by atoms with Gasteiger partial charge in [0.25, 0.3) is 5.91 Å². The van der Waals surface area contributed by atoms with E-state index in [4.69, 9.17) is 9.72 Å². The number of pyridine rings is 1. The van der Waals surface area contributed by atoms with Gasteiger partial charge in [0.1, 0.15) is 17.5 Å². The van der Waals surface area contributed by atoms with Crippen LogP contribution in [0.15, 0.2) is 48.5 Å². The number of amides is 1. The van der Waals surface area contributed by atoms with Crippen LogP contribution in [0.5, 0.6) is 0 Å². The van der Waals surface area contributed by atoms with Gasteiger partial charge in [-0.15, -0.1) is 0 Å². The van der Waals surface area contributed by atoms with Crippen molar-refractivity contribution in [2.45, 2.75) is 12.8 Å². The van der Waals surface area contributed by atoms with E-state index in [9.17, 15) is 18.4 Å². The number of carbonyl (C=O) groups is 2. The number of Topliss-reactive ketones (excluding diaryl/α,β-unsaturated/α-hetero) is 1. The Hall–Kier alpha value is -3.39. The van der Waals surface area contributed by atoms with Crippen LogP contribution < -0.4 is 4.90 Å². The van der Waals surface area contributed by atoms with Gasteiger partial charge in [0, 0.05) is 37.5 Å². The molecule has 34 heavy (non-hydrogen) atoms. The van der Waals surface area contributed by atoms with Gasteiger partial charge in [0.2, 0.25) is 0 Å². The van der Waals surface area contributed by atoms with Crippen LogP contribution in [0.2, 0.25) is 0 Å². The second-order valence-corrected chi connectivity index (χ2v) is 8.70. The van der Waals surface area contributed by atoms with Gasteiger partial charge in [-0.25, -0.2) is 13.8 Å². The van der Waals surface area contributed by atoms with Gasteiger partial charge in [-0.3, -0.25) is 9.59 Å². The topological polar surface area (TPSA) is 62.7 Å². The van der Waals surface area contributed by atoms with Crippen molar-refractivity contribution < 1.29 is 23.1 Å². The molecule has 3 aromatic rings. The normalized spacial score (nSPS) is 17.2. The number of ketones is 1. The number of hydrogen-bond acceptors (Lipinski definition) is 5. The smallest absolute Gasteiger partial charge is 0.254 e. The van der Waals surface area contributed by atoms with Gasteiger partial charge in [0.05, 0.1) is 29.9 Å². The van der Waals surface area contributed by atoms with Gasteiger partial charge in [-0.05, 0) is 43.2 Å². The molecule has 0 bridgehead atoms. The second-order valence-electron chi connectivity index (χ2n) is 8.70. The van der Waals surface area contributed by atoms with E-state index in [0.717, 1.165) is 29.1 Å². The number of ether oxygens (including phenoxy) is 1. The third kappa shape index (κ3) is 4.37. The first-order valence-electron chi connectivity index (χ1n) is 11.5. The number of fused-ring (bicyclic) bond motifs is 1. The zero-order valence-corrected chi connectivity index (χ0v) is 18.7. The number of hydrogen-bond donors (Lipinski definition) is 0. The number of piperidine rings is 1. The van der Waals surface area contributed by atoms with Crippen LogP contribution in [0.1, 0.15) is 33.6 Å². The van der Waals surface area contributed by atoms with E-state index in [1.165, 1.54) is 0 Å². The van der Waals surface area contributed by atoms with Crippen molar-refractivity contribution in [3.63, 3.8) is 0 Å². The number of carbonyl (C=O) groups excluding carboxylic acids is 2. The van der Waals surface area contributed by atoms with E-state index in [1.807, 2.05) is 35.2 Å². The van der Waals surface area contributed by atoms with Crippen LogP contribution in [0.3, 0.4) is 0 Å². The van der Waals surface area contributed by atoms with Crippen molar-refractivity contribution >= 4 is 28.4 Å². The van der Waals surface area contributed by atoms with E-state index >= 15 is 0 Å². The lowest BCUT2D eigenvalue weighted by Crippen LogP contribution is -2.41. The summed E-state index contributed by atoms with van der Waals surface area (Å²) in [6.07, 6.45) is 0.992. The maximum atomic E-state index is 14.1. The summed E-state index contributed by atoms with van der Waals surface area (Å²) in [6, 6.07) is 12.4. The molecular weight excluding hydrogens is 440 g/mol. The summed E-state index contributed by atoms with van der Waals surface area (Å²) in [5.74, 6) is -1.45. The molecule has 0 saturated carbocycles. The maximum absolute atomic E-state index is 14.1. The molecule has 2 saturated heterocycles. The molecule has 8 heteroatoms. The summed E-state index contributed by atoms with van der Waals surface area (Å²) in [5, 5.41) is 0.800. The summed E-state index contributed by atoms with van der Waals surface area (Å²) in [4.78, 5) is 34.8. The number of benzene rings is 2. The summed E-state index contributed by atoms with van der Waals surface area (Å²) >= 11 is 0. The first-order valence-corrected chi connectivity index (χ1v) is 11.5. The summed E-state index contributed by atoms with van der Waals surface area (Å²) in [6.45, 7) is 3.21. The zero-order valence-electron chi connectivity index (χ0n) is 18.7.